The first kappa shape index (κ1) is 24.1. The number of amides is 3. The van der Waals surface area contributed by atoms with E-state index < -0.39 is 29.8 Å². The Morgan fingerprint density at radius 3 is 2.41 bits per heavy atom. The van der Waals surface area contributed by atoms with Gasteiger partial charge in [-0.25, -0.2) is 4.98 Å². The van der Waals surface area contributed by atoms with Crippen LogP contribution >= 0.6 is 0 Å². The number of nitrogens with one attached hydrogen (secondary N) is 3. The molecule has 0 saturated carbocycles. The monoisotopic (exact) mass is 463 g/mol. The number of imidazole rings is 1. The average molecular weight is 463 g/mol. The van der Waals surface area contributed by atoms with Gasteiger partial charge >= 0.3 is 0 Å². The molecule has 2 atom stereocenters. The molecule has 0 aliphatic heterocycles. The number of nitrogens with zero attached hydrogens (tertiary/aromatic N) is 1. The lowest BCUT2D eigenvalue weighted by atomic mass is 10.0. The second-order valence-corrected chi connectivity index (χ2v) is 7.58. The highest BCUT2D eigenvalue weighted by atomic mass is 16.3. The Morgan fingerprint density at radius 2 is 1.76 bits per heavy atom. The molecule has 10 heteroatoms. The van der Waals surface area contributed by atoms with E-state index in [1.54, 1.807) is 0 Å². The Balaban J connectivity index is 1.71. The van der Waals surface area contributed by atoms with Crippen LogP contribution in [0.15, 0.2) is 67.1 Å². The molecule has 0 aliphatic rings. The molecule has 10 nitrogen and oxygen atoms in total. The molecule has 0 saturated heterocycles. The quantitative estimate of drug-likeness (QED) is 0.192. The highest BCUT2D eigenvalue weighted by Crippen LogP contribution is 2.25. The van der Waals surface area contributed by atoms with Gasteiger partial charge in [-0.05, 0) is 29.3 Å². The van der Waals surface area contributed by atoms with Crippen molar-refractivity contribution in [2.75, 3.05) is 0 Å². The van der Waals surface area contributed by atoms with Gasteiger partial charge in [0.1, 0.15) is 12.1 Å². The van der Waals surface area contributed by atoms with Crippen LogP contribution in [-0.4, -0.2) is 50.0 Å². The molecule has 176 valence electrons. The van der Waals surface area contributed by atoms with Gasteiger partial charge in [0.15, 0.2) is 11.5 Å². The van der Waals surface area contributed by atoms with Crippen molar-refractivity contribution in [3.63, 3.8) is 0 Å². The summed E-state index contributed by atoms with van der Waals surface area (Å²) in [6.45, 7) is 0. The molecular formula is C24H25N5O5. The van der Waals surface area contributed by atoms with Crippen molar-refractivity contribution in [2.24, 2.45) is 5.73 Å². The fraction of sp³-hybridized carbons (Fsp3) is 0.167. The minimum atomic E-state index is -1.02. The van der Waals surface area contributed by atoms with Crippen LogP contribution in [0.4, 0.5) is 0 Å². The molecule has 1 heterocycles. The zero-order valence-electron chi connectivity index (χ0n) is 18.1. The van der Waals surface area contributed by atoms with Gasteiger partial charge in [0.05, 0.1) is 6.33 Å². The van der Waals surface area contributed by atoms with E-state index in [9.17, 15) is 24.6 Å². The third-order valence-corrected chi connectivity index (χ3v) is 4.98. The number of carbonyl (C=O) groups excluding carboxylic acids is 3. The molecule has 3 amide bonds. The first-order chi connectivity index (χ1) is 16.3. The van der Waals surface area contributed by atoms with E-state index in [4.69, 9.17) is 5.73 Å². The molecular weight excluding hydrogens is 438 g/mol. The van der Waals surface area contributed by atoms with Crippen molar-refractivity contribution in [3.05, 3.63) is 84.0 Å². The summed E-state index contributed by atoms with van der Waals surface area (Å²) in [5.41, 5.74) is 7.39. The van der Waals surface area contributed by atoms with Crippen LogP contribution in [0.5, 0.6) is 11.5 Å². The standard InChI is InChI=1S/C24H25N5O5/c25-23(33)18(10-15-4-2-1-3-5-15)29-24(34)19(12-17-13-26-14-27-17)28-22(32)9-7-16-6-8-20(30)21(31)11-16/h1-9,11,13-14,18-19,30-31H,10,12H2,(H2,25,33)(H,26,27)(H,28,32)(H,29,34)/b9-7+/t18-,19-/m0/s1. The van der Waals surface area contributed by atoms with Gasteiger partial charge in [-0.2, -0.15) is 0 Å². The highest BCUT2D eigenvalue weighted by molar-refractivity contribution is 5.96. The van der Waals surface area contributed by atoms with E-state index in [1.807, 2.05) is 30.3 Å². The molecule has 0 fully saturated rings. The lowest BCUT2D eigenvalue weighted by molar-refractivity contribution is -0.130. The van der Waals surface area contributed by atoms with E-state index in [2.05, 4.69) is 20.6 Å². The first-order valence-corrected chi connectivity index (χ1v) is 10.4. The molecule has 3 rings (SSSR count). The van der Waals surface area contributed by atoms with Crippen LogP contribution in [0.2, 0.25) is 0 Å². The number of hydrogen-bond acceptors (Lipinski definition) is 6. The summed E-state index contributed by atoms with van der Waals surface area (Å²) in [6, 6.07) is 11.2. The topological polar surface area (TPSA) is 170 Å². The first-order valence-electron chi connectivity index (χ1n) is 10.4. The SMILES string of the molecule is NC(=O)[C@H](Cc1ccccc1)NC(=O)[C@H](Cc1cnc[nH]1)NC(=O)/C=C/c1ccc(O)c(O)c1. The van der Waals surface area contributed by atoms with Crippen molar-refractivity contribution in [1.82, 2.24) is 20.6 Å². The van der Waals surface area contributed by atoms with Crippen molar-refractivity contribution >= 4 is 23.8 Å². The normalized spacial score (nSPS) is 12.7. The van der Waals surface area contributed by atoms with Gasteiger partial charge in [-0.3, -0.25) is 14.4 Å². The zero-order chi connectivity index (χ0) is 24.5. The number of phenols is 2. The number of H-pyrrole nitrogens is 1. The van der Waals surface area contributed by atoms with Crippen LogP contribution in [-0.2, 0) is 27.2 Å². The maximum Gasteiger partial charge on any atom is 0.244 e. The number of benzene rings is 2. The molecule has 1 aromatic heterocycles. The van der Waals surface area contributed by atoms with Crippen molar-refractivity contribution in [1.29, 1.82) is 0 Å². The Hall–Kier alpha value is -4.60. The number of rotatable bonds is 10. The van der Waals surface area contributed by atoms with E-state index in [1.165, 1.54) is 42.9 Å². The minimum absolute atomic E-state index is 0.0994. The van der Waals surface area contributed by atoms with Gasteiger partial charge in [-0.1, -0.05) is 36.4 Å². The predicted molar refractivity (Wildman–Crippen MR) is 124 cm³/mol. The number of aromatic amines is 1. The largest absolute Gasteiger partial charge is 0.504 e. The summed E-state index contributed by atoms with van der Waals surface area (Å²) in [4.78, 5) is 44.3. The maximum atomic E-state index is 13.0. The van der Waals surface area contributed by atoms with Gasteiger partial charge in [0.25, 0.3) is 0 Å². The molecule has 34 heavy (non-hydrogen) atoms. The van der Waals surface area contributed by atoms with Crippen molar-refractivity contribution in [2.45, 2.75) is 24.9 Å². The van der Waals surface area contributed by atoms with Gasteiger partial charge in [0.2, 0.25) is 17.7 Å². The van der Waals surface area contributed by atoms with Crippen LogP contribution in [0.3, 0.4) is 0 Å². The van der Waals surface area contributed by atoms with Crippen LogP contribution in [0.25, 0.3) is 6.08 Å². The summed E-state index contributed by atoms with van der Waals surface area (Å²) in [6.07, 6.45) is 5.89. The van der Waals surface area contributed by atoms with Gasteiger partial charge in [-0.15, -0.1) is 0 Å². The fourth-order valence-corrected chi connectivity index (χ4v) is 3.21. The minimum Gasteiger partial charge on any atom is -0.504 e. The van der Waals surface area contributed by atoms with E-state index in [0.717, 1.165) is 5.56 Å². The number of nitrogens with two attached hydrogens (primary N) is 1. The summed E-state index contributed by atoms with van der Waals surface area (Å²) < 4.78 is 0. The second-order valence-electron chi connectivity index (χ2n) is 7.58. The number of carbonyl (C=O) groups is 3. The van der Waals surface area contributed by atoms with Gasteiger partial charge < -0.3 is 31.6 Å². The molecule has 0 bridgehead atoms. The molecule has 0 unspecified atom stereocenters. The zero-order valence-corrected chi connectivity index (χ0v) is 18.1. The lowest BCUT2D eigenvalue weighted by Gasteiger charge is -2.21. The number of phenolic OH excluding ortho intramolecular Hbond substituents is 2. The third-order valence-electron chi connectivity index (χ3n) is 4.98. The summed E-state index contributed by atoms with van der Waals surface area (Å²) >= 11 is 0. The number of hydrogen-bond donors (Lipinski definition) is 6. The third kappa shape index (κ3) is 6.95. The van der Waals surface area contributed by atoms with Crippen molar-refractivity contribution in [3.8, 4) is 11.5 Å². The van der Waals surface area contributed by atoms with Gasteiger partial charge in [0, 0.05) is 30.8 Å². The summed E-state index contributed by atoms with van der Waals surface area (Å²) in [7, 11) is 0. The van der Waals surface area contributed by atoms with Crippen LogP contribution in [0, 0.1) is 0 Å². The number of primary amides is 1. The van der Waals surface area contributed by atoms with Crippen LogP contribution < -0.4 is 16.4 Å². The highest BCUT2D eigenvalue weighted by Gasteiger charge is 2.26. The van der Waals surface area contributed by atoms with E-state index in [-0.39, 0.29) is 24.3 Å². The smallest absolute Gasteiger partial charge is 0.244 e. The predicted octanol–water partition coefficient (Wildman–Crippen LogP) is 0.774. The fourth-order valence-electron chi connectivity index (χ4n) is 3.21. The van der Waals surface area contributed by atoms with Crippen molar-refractivity contribution < 1.29 is 24.6 Å². The lowest BCUT2D eigenvalue weighted by Crippen LogP contribution is -2.54. The molecule has 0 radical (unpaired) electrons. The average Bonchev–Trinajstić information content (AvgIpc) is 3.33. The Kier molecular flexibility index (Phi) is 8.01. The maximum absolute atomic E-state index is 13.0. The molecule has 7 N–H and O–H groups in total. The van der Waals surface area contributed by atoms with E-state index in [0.29, 0.717) is 11.3 Å². The Bertz CT molecular complexity index is 1160. The van der Waals surface area contributed by atoms with Crippen LogP contribution in [0.1, 0.15) is 16.8 Å². The Morgan fingerprint density at radius 1 is 1.00 bits per heavy atom. The summed E-state index contributed by atoms with van der Waals surface area (Å²) in [5.74, 6) is -2.47. The number of aromatic hydroxyl groups is 2. The Labute approximate surface area is 195 Å². The molecule has 0 aliphatic carbocycles. The molecule has 3 aromatic rings. The summed E-state index contributed by atoms with van der Waals surface area (Å²) in [5, 5.41) is 24.2. The molecule has 2 aromatic carbocycles. The second kappa shape index (κ2) is 11.3. The molecule has 0 spiro atoms. The number of aromatic nitrogens is 2. The van der Waals surface area contributed by atoms with E-state index >= 15 is 0 Å².